The van der Waals surface area contributed by atoms with Crippen molar-refractivity contribution in [1.82, 2.24) is 4.98 Å². The molecule has 20 heavy (non-hydrogen) atoms. The van der Waals surface area contributed by atoms with Crippen LogP contribution in [0.2, 0.25) is 5.02 Å². The van der Waals surface area contributed by atoms with E-state index in [1.165, 1.54) is 12.1 Å². The average Bonchev–Trinajstić information content (AvgIpc) is 2.39. The standard InChI is InChI=1S/C14H11ClF3NO/c15-12-8-4-1-2-6-10(8)19-13-9(12)5-3-7-11(13)20-14(16,17)18/h3,5,7H,1-2,4,6H2. The van der Waals surface area contributed by atoms with Crippen LogP contribution in [0.4, 0.5) is 13.2 Å². The SMILES string of the molecule is FC(F)(F)Oc1cccc2c(Cl)c3c(nc12)CCCC3. The van der Waals surface area contributed by atoms with Crippen LogP contribution in [-0.4, -0.2) is 11.3 Å². The molecule has 0 fully saturated rings. The third-order valence-corrected chi connectivity index (χ3v) is 3.84. The van der Waals surface area contributed by atoms with Crippen molar-refractivity contribution in [3.8, 4) is 5.75 Å². The highest BCUT2D eigenvalue weighted by Crippen LogP contribution is 2.37. The molecule has 1 aliphatic carbocycles. The lowest BCUT2D eigenvalue weighted by atomic mass is 9.94. The summed E-state index contributed by atoms with van der Waals surface area (Å²) >= 11 is 6.33. The summed E-state index contributed by atoms with van der Waals surface area (Å²) in [7, 11) is 0. The smallest absolute Gasteiger partial charge is 0.403 e. The number of alkyl halides is 3. The summed E-state index contributed by atoms with van der Waals surface area (Å²) in [5.74, 6) is -0.301. The van der Waals surface area contributed by atoms with Gasteiger partial charge in [0.05, 0.1) is 5.02 Å². The maximum absolute atomic E-state index is 12.4. The molecule has 1 aromatic heterocycles. The van der Waals surface area contributed by atoms with Crippen molar-refractivity contribution in [2.45, 2.75) is 32.0 Å². The number of aryl methyl sites for hydroxylation is 1. The van der Waals surface area contributed by atoms with Gasteiger partial charge in [-0.2, -0.15) is 0 Å². The molecule has 1 aromatic carbocycles. The minimum absolute atomic E-state index is 0.176. The van der Waals surface area contributed by atoms with E-state index in [0.29, 0.717) is 10.4 Å². The Morgan fingerprint density at radius 1 is 1.15 bits per heavy atom. The molecule has 0 unspecified atom stereocenters. The van der Waals surface area contributed by atoms with Crippen LogP contribution in [-0.2, 0) is 12.8 Å². The van der Waals surface area contributed by atoms with Gasteiger partial charge in [-0.1, -0.05) is 23.7 Å². The van der Waals surface area contributed by atoms with Gasteiger partial charge in [0.25, 0.3) is 0 Å². The first-order valence-electron chi connectivity index (χ1n) is 6.31. The number of para-hydroxylation sites is 1. The second-order valence-corrected chi connectivity index (χ2v) is 5.14. The van der Waals surface area contributed by atoms with E-state index in [1.807, 2.05) is 0 Å². The Labute approximate surface area is 118 Å². The zero-order valence-corrected chi connectivity index (χ0v) is 11.2. The molecule has 0 saturated carbocycles. The maximum atomic E-state index is 12.4. The van der Waals surface area contributed by atoms with Crippen molar-refractivity contribution in [3.05, 3.63) is 34.5 Å². The van der Waals surface area contributed by atoms with Gasteiger partial charge in [0.1, 0.15) is 5.52 Å². The molecule has 0 spiro atoms. The summed E-state index contributed by atoms with van der Waals surface area (Å²) in [6.07, 6.45) is -1.17. The van der Waals surface area contributed by atoms with Gasteiger partial charge in [-0.3, -0.25) is 0 Å². The number of fused-ring (bicyclic) bond motifs is 2. The van der Waals surface area contributed by atoms with Gasteiger partial charge in [0, 0.05) is 11.1 Å². The Hall–Kier alpha value is -1.49. The Bertz CT molecular complexity index is 669. The van der Waals surface area contributed by atoms with Gasteiger partial charge in [-0.15, -0.1) is 13.2 Å². The minimum atomic E-state index is -4.74. The molecule has 0 bridgehead atoms. The summed E-state index contributed by atoms with van der Waals surface area (Å²) in [4.78, 5) is 4.35. The number of rotatable bonds is 1. The van der Waals surface area contributed by atoms with Gasteiger partial charge >= 0.3 is 6.36 Å². The summed E-state index contributed by atoms with van der Waals surface area (Å²) in [5, 5.41) is 1.01. The van der Waals surface area contributed by atoms with Gasteiger partial charge in [-0.05, 0) is 37.3 Å². The van der Waals surface area contributed by atoms with Crippen LogP contribution in [0.25, 0.3) is 10.9 Å². The lowest BCUT2D eigenvalue weighted by molar-refractivity contribution is -0.274. The van der Waals surface area contributed by atoms with E-state index < -0.39 is 6.36 Å². The zero-order valence-electron chi connectivity index (χ0n) is 10.4. The fraction of sp³-hybridized carbons (Fsp3) is 0.357. The summed E-state index contributed by atoms with van der Waals surface area (Å²) in [5.41, 5.74) is 1.91. The first kappa shape index (κ1) is 13.5. The first-order chi connectivity index (χ1) is 9.46. The lowest BCUT2D eigenvalue weighted by Crippen LogP contribution is -2.17. The predicted octanol–water partition coefficient (Wildman–Crippen LogP) is 4.67. The minimum Gasteiger partial charge on any atom is -0.403 e. The number of ether oxygens (including phenoxy) is 1. The van der Waals surface area contributed by atoms with Crippen molar-refractivity contribution in [2.24, 2.45) is 0 Å². The molecule has 0 saturated heterocycles. The monoisotopic (exact) mass is 301 g/mol. The van der Waals surface area contributed by atoms with Crippen LogP contribution in [0.1, 0.15) is 24.1 Å². The number of pyridine rings is 1. The van der Waals surface area contributed by atoms with Crippen molar-refractivity contribution < 1.29 is 17.9 Å². The molecular weight excluding hydrogens is 291 g/mol. The fourth-order valence-corrected chi connectivity index (χ4v) is 2.92. The van der Waals surface area contributed by atoms with Crippen molar-refractivity contribution in [3.63, 3.8) is 0 Å². The van der Waals surface area contributed by atoms with Gasteiger partial charge in [0.2, 0.25) is 0 Å². The number of hydrogen-bond donors (Lipinski definition) is 0. The summed E-state index contributed by atoms with van der Waals surface area (Å²) < 4.78 is 41.3. The number of benzene rings is 1. The second kappa shape index (κ2) is 4.81. The molecule has 6 heteroatoms. The van der Waals surface area contributed by atoms with Crippen molar-refractivity contribution >= 4 is 22.5 Å². The molecule has 0 aliphatic heterocycles. The van der Waals surface area contributed by atoms with Crippen molar-refractivity contribution in [1.29, 1.82) is 0 Å². The van der Waals surface area contributed by atoms with E-state index in [9.17, 15) is 13.2 Å². The molecule has 1 heterocycles. The third-order valence-electron chi connectivity index (χ3n) is 3.41. The number of nitrogens with zero attached hydrogens (tertiary/aromatic N) is 1. The van der Waals surface area contributed by atoms with Gasteiger partial charge in [0.15, 0.2) is 5.75 Å². The van der Waals surface area contributed by atoms with E-state index in [1.54, 1.807) is 6.07 Å². The average molecular weight is 302 g/mol. The molecule has 3 rings (SSSR count). The molecular formula is C14H11ClF3NO. The van der Waals surface area contributed by atoms with E-state index >= 15 is 0 Å². The van der Waals surface area contributed by atoms with Crippen LogP contribution in [0.3, 0.4) is 0 Å². The van der Waals surface area contributed by atoms with Crippen LogP contribution in [0.15, 0.2) is 18.2 Å². The Morgan fingerprint density at radius 3 is 2.65 bits per heavy atom. The van der Waals surface area contributed by atoms with Crippen LogP contribution >= 0.6 is 11.6 Å². The van der Waals surface area contributed by atoms with E-state index in [2.05, 4.69) is 9.72 Å². The molecule has 0 radical (unpaired) electrons. The molecule has 1 aliphatic rings. The maximum Gasteiger partial charge on any atom is 0.573 e. The van der Waals surface area contributed by atoms with Gasteiger partial charge < -0.3 is 4.74 Å². The second-order valence-electron chi connectivity index (χ2n) is 4.76. The zero-order chi connectivity index (χ0) is 14.3. The molecule has 2 aromatic rings. The molecule has 106 valence electrons. The molecule has 2 nitrogen and oxygen atoms in total. The summed E-state index contributed by atoms with van der Waals surface area (Å²) in [6, 6.07) is 4.42. The Balaban J connectivity index is 2.21. The lowest BCUT2D eigenvalue weighted by Gasteiger charge is -2.19. The first-order valence-corrected chi connectivity index (χ1v) is 6.69. The highest BCUT2D eigenvalue weighted by Gasteiger charge is 2.32. The Morgan fingerprint density at radius 2 is 1.90 bits per heavy atom. The fourth-order valence-electron chi connectivity index (χ4n) is 2.57. The Kier molecular flexibility index (Phi) is 3.24. The number of halogens is 4. The number of aromatic nitrogens is 1. The van der Waals surface area contributed by atoms with E-state index in [0.717, 1.165) is 36.9 Å². The molecule has 0 amide bonds. The molecule has 0 atom stereocenters. The summed E-state index contributed by atoms with van der Waals surface area (Å²) in [6.45, 7) is 0. The molecule has 0 N–H and O–H groups in total. The van der Waals surface area contributed by atoms with Gasteiger partial charge in [-0.25, -0.2) is 4.98 Å². The topological polar surface area (TPSA) is 22.1 Å². The normalized spacial score (nSPS) is 15.2. The van der Waals surface area contributed by atoms with E-state index in [-0.39, 0.29) is 11.3 Å². The quantitative estimate of drug-likeness (QED) is 0.764. The highest BCUT2D eigenvalue weighted by atomic mass is 35.5. The van der Waals surface area contributed by atoms with E-state index in [4.69, 9.17) is 11.6 Å². The van der Waals surface area contributed by atoms with Crippen LogP contribution < -0.4 is 4.74 Å². The number of hydrogen-bond acceptors (Lipinski definition) is 2. The van der Waals surface area contributed by atoms with Crippen molar-refractivity contribution in [2.75, 3.05) is 0 Å². The highest BCUT2D eigenvalue weighted by molar-refractivity contribution is 6.36. The van der Waals surface area contributed by atoms with Crippen LogP contribution in [0.5, 0.6) is 5.75 Å². The van der Waals surface area contributed by atoms with Crippen LogP contribution in [0, 0.1) is 0 Å². The largest absolute Gasteiger partial charge is 0.573 e. The third kappa shape index (κ3) is 2.42. The predicted molar refractivity (Wildman–Crippen MR) is 70.1 cm³/mol.